The number of carbonyl (C=O) groups is 1. The Morgan fingerprint density at radius 2 is 2.10 bits per heavy atom. The second-order valence-electron chi connectivity index (χ2n) is 5.06. The minimum atomic E-state index is -3.84. The van der Waals surface area contributed by atoms with Gasteiger partial charge in [0.05, 0.1) is 10.5 Å². The molecule has 2 rings (SSSR count). The molecule has 110 valence electrons. The average Bonchev–Trinajstić information content (AvgIpc) is 2.31. The summed E-state index contributed by atoms with van der Waals surface area (Å²) in [6.45, 7) is 0.698. The fourth-order valence-corrected chi connectivity index (χ4v) is 3.36. The Morgan fingerprint density at radius 1 is 1.45 bits per heavy atom. The van der Waals surface area contributed by atoms with Crippen molar-refractivity contribution < 1.29 is 13.2 Å². The number of halogens is 2. The average molecular weight is 381 g/mol. The second kappa shape index (κ2) is 6.03. The van der Waals surface area contributed by atoms with Gasteiger partial charge in [-0.25, -0.2) is 8.42 Å². The molecule has 1 aromatic rings. The molecule has 1 fully saturated rings. The van der Waals surface area contributed by atoms with Gasteiger partial charge >= 0.3 is 0 Å². The molecule has 7 heteroatoms. The summed E-state index contributed by atoms with van der Waals surface area (Å²) in [4.78, 5) is 13.9. The van der Waals surface area contributed by atoms with Crippen molar-refractivity contribution in [1.29, 1.82) is 0 Å². The number of amides is 1. The molecule has 1 aromatic carbocycles. The lowest BCUT2D eigenvalue weighted by atomic mass is 9.85. The first-order valence-corrected chi connectivity index (χ1v) is 9.39. The van der Waals surface area contributed by atoms with Crippen LogP contribution in [0.4, 0.5) is 0 Å². The van der Waals surface area contributed by atoms with Gasteiger partial charge in [-0.15, -0.1) is 0 Å². The molecule has 0 spiro atoms. The first-order chi connectivity index (χ1) is 9.29. The van der Waals surface area contributed by atoms with Gasteiger partial charge in [0.15, 0.2) is 0 Å². The third-order valence-electron chi connectivity index (χ3n) is 3.55. The van der Waals surface area contributed by atoms with E-state index in [1.807, 2.05) is 0 Å². The van der Waals surface area contributed by atoms with Crippen molar-refractivity contribution in [1.82, 2.24) is 4.90 Å². The number of carbonyl (C=O) groups excluding carboxylic acids is 1. The third-order valence-corrected chi connectivity index (χ3v) is 5.60. The fourth-order valence-electron chi connectivity index (χ4n) is 2.17. The fraction of sp³-hybridized carbons (Fsp3) is 0.462. The predicted octanol–water partition coefficient (Wildman–Crippen LogP) is 3.25. The van der Waals surface area contributed by atoms with Gasteiger partial charge in [-0.05, 0) is 52.9 Å². The van der Waals surface area contributed by atoms with Crippen LogP contribution in [0.3, 0.4) is 0 Å². The minimum absolute atomic E-state index is 0.0669. The molecule has 0 heterocycles. The Morgan fingerprint density at radius 3 is 2.60 bits per heavy atom. The minimum Gasteiger partial charge on any atom is -0.341 e. The molecule has 1 amide bonds. The van der Waals surface area contributed by atoms with Gasteiger partial charge in [-0.2, -0.15) is 0 Å². The highest BCUT2D eigenvalue weighted by atomic mass is 79.9. The molecule has 0 N–H and O–H groups in total. The maximum absolute atomic E-state index is 12.4. The molecule has 0 saturated heterocycles. The van der Waals surface area contributed by atoms with Crippen LogP contribution in [-0.2, 0) is 9.05 Å². The van der Waals surface area contributed by atoms with Gasteiger partial charge in [0.2, 0.25) is 0 Å². The summed E-state index contributed by atoms with van der Waals surface area (Å²) in [5.41, 5.74) is 0.313. The highest BCUT2D eigenvalue weighted by Crippen LogP contribution is 2.28. The van der Waals surface area contributed by atoms with Crippen LogP contribution in [0.1, 0.15) is 29.6 Å². The van der Waals surface area contributed by atoms with Crippen molar-refractivity contribution >= 4 is 41.6 Å². The van der Waals surface area contributed by atoms with E-state index >= 15 is 0 Å². The van der Waals surface area contributed by atoms with E-state index < -0.39 is 9.05 Å². The molecule has 0 bridgehead atoms. The van der Waals surface area contributed by atoms with Gasteiger partial charge < -0.3 is 4.90 Å². The van der Waals surface area contributed by atoms with Crippen molar-refractivity contribution in [2.24, 2.45) is 5.92 Å². The monoisotopic (exact) mass is 379 g/mol. The largest absolute Gasteiger partial charge is 0.341 e. The van der Waals surface area contributed by atoms with Crippen molar-refractivity contribution in [2.75, 3.05) is 13.6 Å². The SMILES string of the molecule is CN(CC1CCC1)C(=O)c1cc(S(=O)(=O)Cl)ccc1Br. The van der Waals surface area contributed by atoms with Crippen LogP contribution >= 0.6 is 26.6 Å². The molecule has 0 unspecified atom stereocenters. The van der Waals surface area contributed by atoms with E-state index in [1.54, 1.807) is 11.9 Å². The molecular formula is C13H15BrClNO3S. The Labute approximate surface area is 131 Å². The standard InChI is InChI=1S/C13H15BrClNO3S/c1-16(8-9-3-2-4-9)13(17)11-7-10(20(15,18)19)5-6-12(11)14/h5-7,9H,2-4,8H2,1H3. The van der Waals surface area contributed by atoms with E-state index in [2.05, 4.69) is 15.9 Å². The summed E-state index contributed by atoms with van der Waals surface area (Å²) in [5, 5.41) is 0. The van der Waals surface area contributed by atoms with E-state index in [9.17, 15) is 13.2 Å². The van der Waals surface area contributed by atoms with E-state index in [0.717, 1.165) is 12.8 Å². The Bertz CT molecular complexity index is 629. The summed E-state index contributed by atoms with van der Waals surface area (Å²) in [6.07, 6.45) is 3.51. The van der Waals surface area contributed by atoms with Crippen LogP contribution < -0.4 is 0 Å². The molecule has 20 heavy (non-hydrogen) atoms. The summed E-state index contributed by atoms with van der Waals surface area (Å²) < 4.78 is 23.3. The number of hydrogen-bond acceptors (Lipinski definition) is 3. The highest BCUT2D eigenvalue weighted by Gasteiger charge is 2.24. The normalized spacial score (nSPS) is 15.8. The van der Waals surface area contributed by atoms with Crippen LogP contribution in [0, 0.1) is 5.92 Å². The Kier molecular flexibility index (Phi) is 4.76. The summed E-state index contributed by atoms with van der Waals surface area (Å²) in [7, 11) is 3.21. The van der Waals surface area contributed by atoms with Crippen molar-refractivity contribution in [2.45, 2.75) is 24.2 Å². The van der Waals surface area contributed by atoms with E-state index in [1.165, 1.54) is 24.6 Å². The van der Waals surface area contributed by atoms with Crippen LogP contribution in [0.2, 0.25) is 0 Å². The van der Waals surface area contributed by atoms with E-state index in [-0.39, 0.29) is 10.8 Å². The van der Waals surface area contributed by atoms with Crippen LogP contribution in [0.25, 0.3) is 0 Å². The number of hydrogen-bond donors (Lipinski definition) is 0. The molecule has 0 aromatic heterocycles. The number of nitrogens with zero attached hydrogens (tertiary/aromatic N) is 1. The van der Waals surface area contributed by atoms with Crippen molar-refractivity contribution in [3.8, 4) is 0 Å². The molecule has 0 radical (unpaired) electrons. The molecule has 1 aliphatic carbocycles. The molecular weight excluding hydrogens is 366 g/mol. The number of benzene rings is 1. The van der Waals surface area contributed by atoms with E-state index in [0.29, 0.717) is 22.5 Å². The summed E-state index contributed by atoms with van der Waals surface area (Å²) in [5.74, 6) is 0.355. The quantitative estimate of drug-likeness (QED) is 0.753. The van der Waals surface area contributed by atoms with Gasteiger partial charge in [0, 0.05) is 28.7 Å². The number of rotatable bonds is 4. The van der Waals surface area contributed by atoms with Gasteiger partial charge in [-0.3, -0.25) is 4.79 Å². The maximum Gasteiger partial charge on any atom is 0.261 e. The zero-order valence-electron chi connectivity index (χ0n) is 11.0. The van der Waals surface area contributed by atoms with Crippen molar-refractivity contribution in [3.05, 3.63) is 28.2 Å². The molecule has 4 nitrogen and oxygen atoms in total. The highest BCUT2D eigenvalue weighted by molar-refractivity contribution is 9.10. The topological polar surface area (TPSA) is 54.5 Å². The second-order valence-corrected chi connectivity index (χ2v) is 8.48. The molecule has 1 saturated carbocycles. The van der Waals surface area contributed by atoms with Gasteiger partial charge in [0.1, 0.15) is 0 Å². The van der Waals surface area contributed by atoms with Crippen molar-refractivity contribution in [3.63, 3.8) is 0 Å². The van der Waals surface area contributed by atoms with Crippen LogP contribution in [0.15, 0.2) is 27.6 Å². The maximum atomic E-state index is 12.4. The first-order valence-electron chi connectivity index (χ1n) is 6.28. The summed E-state index contributed by atoms with van der Waals surface area (Å²) in [6, 6.07) is 4.21. The molecule has 0 atom stereocenters. The zero-order chi connectivity index (χ0) is 14.9. The lowest BCUT2D eigenvalue weighted by molar-refractivity contribution is 0.0744. The Balaban J connectivity index is 2.23. The third kappa shape index (κ3) is 3.54. The van der Waals surface area contributed by atoms with Crippen LogP contribution in [-0.4, -0.2) is 32.8 Å². The van der Waals surface area contributed by atoms with Gasteiger partial charge in [-0.1, -0.05) is 6.42 Å². The Hall–Kier alpha value is -0.590. The summed E-state index contributed by atoms with van der Waals surface area (Å²) >= 11 is 3.28. The first kappa shape index (κ1) is 15.8. The lowest BCUT2D eigenvalue weighted by Crippen LogP contribution is -2.34. The molecule has 1 aliphatic rings. The van der Waals surface area contributed by atoms with Crippen LogP contribution in [0.5, 0.6) is 0 Å². The molecule has 0 aliphatic heterocycles. The van der Waals surface area contributed by atoms with E-state index in [4.69, 9.17) is 10.7 Å². The predicted molar refractivity (Wildman–Crippen MR) is 81.5 cm³/mol. The lowest BCUT2D eigenvalue weighted by Gasteiger charge is -2.30. The van der Waals surface area contributed by atoms with Gasteiger partial charge in [0.25, 0.3) is 15.0 Å². The smallest absolute Gasteiger partial charge is 0.261 e. The zero-order valence-corrected chi connectivity index (χ0v) is 14.1.